The van der Waals surface area contributed by atoms with Crippen molar-refractivity contribution in [3.05, 3.63) is 23.3 Å². The lowest BCUT2D eigenvalue weighted by molar-refractivity contribution is -0.142. The number of hydrogen-bond acceptors (Lipinski definition) is 3. The van der Waals surface area contributed by atoms with Gasteiger partial charge in [0.1, 0.15) is 6.04 Å². The van der Waals surface area contributed by atoms with Crippen LogP contribution in [0.5, 0.6) is 0 Å². The first-order valence-corrected chi connectivity index (χ1v) is 6.48. The van der Waals surface area contributed by atoms with E-state index in [1.54, 1.807) is 11.8 Å². The van der Waals surface area contributed by atoms with Gasteiger partial charge in [-0.15, -0.1) is 0 Å². The molecule has 0 aliphatic carbocycles. The Morgan fingerprint density at radius 1 is 1.42 bits per heavy atom. The summed E-state index contributed by atoms with van der Waals surface area (Å²) in [4.78, 5) is 36.7. The van der Waals surface area contributed by atoms with E-state index in [0.29, 0.717) is 18.5 Å². The van der Waals surface area contributed by atoms with Crippen LogP contribution in [-0.2, 0) is 14.4 Å². The Morgan fingerprint density at radius 2 is 2.11 bits per heavy atom. The number of rotatable bonds is 3. The SMILES string of the molecule is C=C(CC)C1=C(C)C(=O)N(C2CCC(=O)NC2=O)C1. The molecule has 1 N–H and O–H groups in total. The van der Waals surface area contributed by atoms with Gasteiger partial charge in [0.15, 0.2) is 0 Å². The van der Waals surface area contributed by atoms with Crippen molar-refractivity contribution < 1.29 is 14.4 Å². The number of carbonyl (C=O) groups excluding carboxylic acids is 3. The molecule has 19 heavy (non-hydrogen) atoms. The molecule has 0 radical (unpaired) electrons. The third-order valence-corrected chi connectivity index (χ3v) is 3.80. The lowest BCUT2D eigenvalue weighted by Crippen LogP contribution is -2.53. The van der Waals surface area contributed by atoms with Crippen LogP contribution in [0.3, 0.4) is 0 Å². The fraction of sp³-hybridized carbons (Fsp3) is 0.500. The van der Waals surface area contributed by atoms with E-state index in [0.717, 1.165) is 17.6 Å². The van der Waals surface area contributed by atoms with E-state index in [9.17, 15) is 14.4 Å². The number of nitrogens with zero attached hydrogens (tertiary/aromatic N) is 1. The Hall–Kier alpha value is -1.91. The van der Waals surface area contributed by atoms with Crippen LogP contribution >= 0.6 is 0 Å². The van der Waals surface area contributed by atoms with E-state index in [1.807, 2.05) is 6.92 Å². The highest BCUT2D eigenvalue weighted by Crippen LogP contribution is 2.28. The average Bonchev–Trinajstić information content (AvgIpc) is 2.66. The zero-order valence-electron chi connectivity index (χ0n) is 11.3. The minimum Gasteiger partial charge on any atom is -0.323 e. The second-order valence-electron chi connectivity index (χ2n) is 4.96. The van der Waals surface area contributed by atoms with Gasteiger partial charge >= 0.3 is 0 Å². The molecule has 0 aromatic rings. The molecule has 2 aliphatic heterocycles. The van der Waals surface area contributed by atoms with Gasteiger partial charge in [0, 0.05) is 18.5 Å². The number of imide groups is 1. The smallest absolute Gasteiger partial charge is 0.250 e. The largest absolute Gasteiger partial charge is 0.323 e. The van der Waals surface area contributed by atoms with Gasteiger partial charge in [-0.3, -0.25) is 19.7 Å². The zero-order valence-corrected chi connectivity index (χ0v) is 11.3. The van der Waals surface area contributed by atoms with Crippen LogP contribution in [0.4, 0.5) is 0 Å². The summed E-state index contributed by atoms with van der Waals surface area (Å²) in [6.45, 7) is 8.14. The molecule has 0 spiro atoms. The number of nitrogens with one attached hydrogen (secondary N) is 1. The first-order valence-electron chi connectivity index (χ1n) is 6.48. The Labute approximate surface area is 112 Å². The standard InChI is InChI=1S/C14H18N2O3/c1-4-8(2)10-7-16(14(19)9(10)3)11-5-6-12(17)15-13(11)18/h11H,2,4-7H2,1,3H3,(H,15,17,18). The molecule has 5 heteroatoms. The van der Waals surface area contributed by atoms with Gasteiger partial charge in [-0.1, -0.05) is 19.1 Å². The molecule has 1 saturated heterocycles. The van der Waals surface area contributed by atoms with E-state index < -0.39 is 6.04 Å². The van der Waals surface area contributed by atoms with E-state index in [1.165, 1.54) is 0 Å². The number of carbonyl (C=O) groups is 3. The van der Waals surface area contributed by atoms with Crippen molar-refractivity contribution in [2.75, 3.05) is 6.54 Å². The molecule has 102 valence electrons. The Kier molecular flexibility index (Phi) is 3.55. The monoisotopic (exact) mass is 262 g/mol. The second-order valence-corrected chi connectivity index (χ2v) is 4.96. The van der Waals surface area contributed by atoms with E-state index in [2.05, 4.69) is 11.9 Å². The van der Waals surface area contributed by atoms with Gasteiger partial charge in [0.2, 0.25) is 11.8 Å². The number of piperidine rings is 1. The minimum atomic E-state index is -0.540. The van der Waals surface area contributed by atoms with Gasteiger partial charge < -0.3 is 4.90 Å². The van der Waals surface area contributed by atoms with Crippen molar-refractivity contribution in [3.63, 3.8) is 0 Å². The lowest BCUT2D eigenvalue weighted by atomic mass is 10.0. The lowest BCUT2D eigenvalue weighted by Gasteiger charge is -2.30. The van der Waals surface area contributed by atoms with Crippen LogP contribution in [0, 0.1) is 0 Å². The molecule has 2 aliphatic rings. The van der Waals surface area contributed by atoms with Crippen molar-refractivity contribution in [3.8, 4) is 0 Å². The van der Waals surface area contributed by atoms with Gasteiger partial charge in [-0.05, 0) is 25.3 Å². The van der Waals surface area contributed by atoms with Crippen LogP contribution in [0.2, 0.25) is 0 Å². The first kappa shape index (κ1) is 13.5. The molecule has 5 nitrogen and oxygen atoms in total. The number of hydrogen-bond donors (Lipinski definition) is 1. The summed E-state index contributed by atoms with van der Waals surface area (Å²) in [5, 5.41) is 2.29. The van der Waals surface area contributed by atoms with Crippen molar-refractivity contribution in [2.24, 2.45) is 0 Å². The van der Waals surface area contributed by atoms with Crippen LogP contribution in [0.25, 0.3) is 0 Å². The molecule has 1 atom stereocenters. The Morgan fingerprint density at radius 3 is 2.68 bits per heavy atom. The maximum Gasteiger partial charge on any atom is 0.250 e. The molecular formula is C14H18N2O3. The summed E-state index contributed by atoms with van der Waals surface area (Å²) in [5.74, 6) is -0.768. The molecule has 0 aromatic carbocycles. The van der Waals surface area contributed by atoms with Gasteiger partial charge in [0.25, 0.3) is 5.91 Å². The second kappa shape index (κ2) is 4.99. The van der Waals surface area contributed by atoms with Crippen molar-refractivity contribution in [1.82, 2.24) is 10.2 Å². The molecule has 2 heterocycles. The van der Waals surface area contributed by atoms with Crippen LogP contribution in [0.15, 0.2) is 23.3 Å². The van der Waals surface area contributed by atoms with Crippen molar-refractivity contribution in [2.45, 2.75) is 39.2 Å². The molecule has 0 aromatic heterocycles. The van der Waals surface area contributed by atoms with E-state index >= 15 is 0 Å². The molecule has 2 rings (SSSR count). The van der Waals surface area contributed by atoms with E-state index in [-0.39, 0.29) is 24.1 Å². The molecule has 0 saturated carbocycles. The zero-order chi connectivity index (χ0) is 14.2. The predicted octanol–water partition coefficient (Wildman–Crippen LogP) is 0.916. The van der Waals surface area contributed by atoms with Gasteiger partial charge in [0.05, 0.1) is 0 Å². The third-order valence-electron chi connectivity index (χ3n) is 3.80. The van der Waals surface area contributed by atoms with Crippen molar-refractivity contribution >= 4 is 17.7 Å². The molecule has 1 unspecified atom stereocenters. The van der Waals surface area contributed by atoms with Crippen LogP contribution in [-0.4, -0.2) is 35.2 Å². The minimum absolute atomic E-state index is 0.126. The summed E-state index contributed by atoms with van der Waals surface area (Å²) >= 11 is 0. The highest BCUT2D eigenvalue weighted by atomic mass is 16.2. The fourth-order valence-electron chi connectivity index (χ4n) is 2.53. The topological polar surface area (TPSA) is 66.5 Å². The third kappa shape index (κ3) is 2.32. The quantitative estimate of drug-likeness (QED) is 0.769. The van der Waals surface area contributed by atoms with Gasteiger partial charge in [-0.2, -0.15) is 0 Å². The highest BCUT2D eigenvalue weighted by molar-refractivity contribution is 6.05. The van der Waals surface area contributed by atoms with Crippen molar-refractivity contribution in [1.29, 1.82) is 0 Å². The highest BCUT2D eigenvalue weighted by Gasteiger charge is 2.39. The van der Waals surface area contributed by atoms with Gasteiger partial charge in [-0.25, -0.2) is 0 Å². The Balaban J connectivity index is 2.17. The normalized spacial score (nSPS) is 24.0. The molecule has 0 bridgehead atoms. The first-order chi connectivity index (χ1) is 8.95. The Bertz CT molecular complexity index is 505. The summed E-state index contributed by atoms with van der Waals surface area (Å²) in [5.41, 5.74) is 2.52. The summed E-state index contributed by atoms with van der Waals surface area (Å²) < 4.78 is 0. The summed E-state index contributed by atoms with van der Waals surface area (Å²) in [6, 6.07) is -0.540. The maximum absolute atomic E-state index is 12.2. The maximum atomic E-state index is 12.2. The summed E-state index contributed by atoms with van der Waals surface area (Å²) in [7, 11) is 0. The fourth-order valence-corrected chi connectivity index (χ4v) is 2.53. The number of amides is 3. The average molecular weight is 262 g/mol. The van der Waals surface area contributed by atoms with Crippen LogP contribution in [0.1, 0.15) is 33.1 Å². The van der Waals surface area contributed by atoms with Crippen LogP contribution < -0.4 is 5.32 Å². The molecular weight excluding hydrogens is 244 g/mol. The summed E-state index contributed by atoms with van der Waals surface area (Å²) in [6.07, 6.45) is 1.46. The van der Waals surface area contributed by atoms with E-state index in [4.69, 9.17) is 0 Å². The molecule has 3 amide bonds. The molecule has 1 fully saturated rings. The predicted molar refractivity (Wildman–Crippen MR) is 70.0 cm³/mol.